The van der Waals surface area contributed by atoms with E-state index in [0.717, 1.165) is 22.3 Å². The summed E-state index contributed by atoms with van der Waals surface area (Å²) in [5.41, 5.74) is 4.43. The van der Waals surface area contributed by atoms with Crippen molar-refractivity contribution in [2.75, 3.05) is 20.3 Å². The first-order valence-electron chi connectivity index (χ1n) is 11.1. The summed E-state index contributed by atoms with van der Waals surface area (Å²) in [6.07, 6.45) is 0.316. The Bertz CT molecular complexity index is 947. The summed E-state index contributed by atoms with van der Waals surface area (Å²) in [6.45, 7) is 2.20. The van der Waals surface area contributed by atoms with Gasteiger partial charge in [-0.1, -0.05) is 55.5 Å². The minimum Gasteiger partial charge on any atom is -0.480 e. The lowest BCUT2D eigenvalue weighted by Gasteiger charge is -2.21. The number of carboxylic acid groups (broad SMARTS) is 1. The monoisotopic (exact) mass is 454 g/mol. The molecule has 2 unspecified atom stereocenters. The van der Waals surface area contributed by atoms with Gasteiger partial charge in [0.25, 0.3) is 0 Å². The Labute approximate surface area is 193 Å². The number of carbonyl (C=O) groups excluding carboxylic acids is 2. The highest BCUT2D eigenvalue weighted by molar-refractivity contribution is 5.89. The van der Waals surface area contributed by atoms with E-state index in [9.17, 15) is 19.5 Å². The molecule has 0 heterocycles. The summed E-state index contributed by atoms with van der Waals surface area (Å²) in [6, 6.07) is 14.1. The molecular weight excluding hydrogens is 424 g/mol. The number of benzene rings is 2. The number of hydrogen-bond donors (Lipinski definition) is 3. The van der Waals surface area contributed by atoms with Crippen LogP contribution in [0.3, 0.4) is 0 Å². The zero-order valence-corrected chi connectivity index (χ0v) is 18.9. The van der Waals surface area contributed by atoms with Gasteiger partial charge in [0.15, 0.2) is 0 Å². The second-order valence-electron chi connectivity index (χ2n) is 7.97. The molecule has 2 atom stereocenters. The van der Waals surface area contributed by atoms with Gasteiger partial charge in [0.1, 0.15) is 18.7 Å². The van der Waals surface area contributed by atoms with Gasteiger partial charge >= 0.3 is 12.1 Å². The number of fused-ring (bicyclic) bond motifs is 3. The molecule has 0 radical (unpaired) electrons. The molecule has 2 aromatic rings. The Hall–Kier alpha value is -3.39. The van der Waals surface area contributed by atoms with E-state index in [1.165, 1.54) is 0 Å². The Balaban J connectivity index is 1.65. The van der Waals surface area contributed by atoms with Crippen molar-refractivity contribution in [2.24, 2.45) is 0 Å². The molecule has 3 rings (SSSR count). The van der Waals surface area contributed by atoms with E-state index >= 15 is 0 Å². The first-order valence-corrected chi connectivity index (χ1v) is 11.1. The molecule has 176 valence electrons. The van der Waals surface area contributed by atoms with Crippen molar-refractivity contribution in [2.45, 2.75) is 44.2 Å². The van der Waals surface area contributed by atoms with E-state index in [1.54, 1.807) is 14.0 Å². The standard InChI is InChI=1S/C25H30N2O6/c1-3-21(24(29)30)26-23(28)22(13-8-14-32-2)27-25(31)33-15-20-18-11-6-4-9-16(18)17-10-5-7-12-19(17)20/h4-7,9-12,20-22H,3,8,13-15H2,1-2H3,(H,26,28)(H,27,31)(H,29,30). The highest BCUT2D eigenvalue weighted by atomic mass is 16.5. The van der Waals surface area contributed by atoms with E-state index in [-0.39, 0.29) is 18.9 Å². The summed E-state index contributed by atoms with van der Waals surface area (Å²) in [5.74, 6) is -1.78. The average Bonchev–Trinajstić information content (AvgIpc) is 3.14. The first-order chi connectivity index (χ1) is 16.0. The average molecular weight is 455 g/mol. The van der Waals surface area contributed by atoms with Crippen molar-refractivity contribution in [3.63, 3.8) is 0 Å². The zero-order valence-electron chi connectivity index (χ0n) is 18.9. The second kappa shape index (κ2) is 11.5. The Morgan fingerprint density at radius 2 is 1.58 bits per heavy atom. The van der Waals surface area contributed by atoms with Crippen molar-refractivity contribution < 1.29 is 29.0 Å². The maximum Gasteiger partial charge on any atom is 0.407 e. The Morgan fingerprint density at radius 3 is 2.12 bits per heavy atom. The number of carboxylic acids is 1. The third-order valence-electron chi connectivity index (χ3n) is 5.82. The predicted octanol–water partition coefficient (Wildman–Crippen LogP) is 3.30. The molecule has 0 fully saturated rings. The van der Waals surface area contributed by atoms with Gasteiger partial charge in [-0.15, -0.1) is 0 Å². The number of nitrogens with one attached hydrogen (secondary N) is 2. The summed E-state index contributed by atoms with van der Waals surface area (Å²) in [7, 11) is 1.55. The normalized spacial score (nSPS) is 14.0. The SMILES string of the molecule is CCC(NC(=O)C(CCCOC)NC(=O)OCC1c2ccccc2-c2ccccc21)C(=O)O. The number of ether oxygens (including phenoxy) is 2. The van der Waals surface area contributed by atoms with Crippen LogP contribution in [0, 0.1) is 0 Å². The molecule has 8 heteroatoms. The molecule has 0 aliphatic heterocycles. The van der Waals surface area contributed by atoms with Crippen LogP contribution in [-0.4, -0.2) is 55.5 Å². The minimum atomic E-state index is -1.12. The first kappa shape index (κ1) is 24.3. The molecular formula is C25H30N2O6. The number of carbonyl (C=O) groups is 3. The topological polar surface area (TPSA) is 114 Å². The molecule has 2 aromatic carbocycles. The van der Waals surface area contributed by atoms with E-state index in [1.807, 2.05) is 36.4 Å². The van der Waals surface area contributed by atoms with Crippen LogP contribution in [0.2, 0.25) is 0 Å². The lowest BCUT2D eigenvalue weighted by Crippen LogP contribution is -2.51. The van der Waals surface area contributed by atoms with Crippen LogP contribution in [0.15, 0.2) is 48.5 Å². The fourth-order valence-corrected chi connectivity index (χ4v) is 4.09. The van der Waals surface area contributed by atoms with Gasteiger partial charge in [0.05, 0.1) is 0 Å². The highest BCUT2D eigenvalue weighted by Gasteiger charge is 2.30. The second-order valence-corrected chi connectivity index (χ2v) is 7.97. The molecule has 0 saturated heterocycles. The Morgan fingerprint density at radius 1 is 0.970 bits per heavy atom. The van der Waals surface area contributed by atoms with Crippen molar-refractivity contribution in [1.29, 1.82) is 0 Å². The number of rotatable bonds is 11. The number of aliphatic carboxylic acids is 1. The molecule has 0 saturated carbocycles. The van der Waals surface area contributed by atoms with E-state index in [0.29, 0.717) is 19.4 Å². The lowest BCUT2D eigenvalue weighted by molar-refractivity contribution is -0.142. The van der Waals surface area contributed by atoms with E-state index < -0.39 is 30.1 Å². The van der Waals surface area contributed by atoms with Gasteiger partial charge in [-0.3, -0.25) is 4.79 Å². The number of methoxy groups -OCH3 is 1. The van der Waals surface area contributed by atoms with Gasteiger partial charge in [-0.25, -0.2) is 9.59 Å². The largest absolute Gasteiger partial charge is 0.480 e. The molecule has 0 spiro atoms. The molecule has 33 heavy (non-hydrogen) atoms. The zero-order chi connectivity index (χ0) is 23.8. The molecule has 0 bridgehead atoms. The highest BCUT2D eigenvalue weighted by Crippen LogP contribution is 2.44. The van der Waals surface area contributed by atoms with Crippen LogP contribution in [0.5, 0.6) is 0 Å². The van der Waals surface area contributed by atoms with Crippen LogP contribution in [0.4, 0.5) is 4.79 Å². The van der Waals surface area contributed by atoms with Crippen LogP contribution in [0.25, 0.3) is 11.1 Å². The number of hydrogen-bond acceptors (Lipinski definition) is 5. The molecule has 1 aliphatic rings. The van der Waals surface area contributed by atoms with Gasteiger partial charge in [-0.05, 0) is 41.5 Å². The van der Waals surface area contributed by atoms with Gasteiger partial charge in [0.2, 0.25) is 5.91 Å². The molecule has 0 aromatic heterocycles. The summed E-state index contributed by atoms with van der Waals surface area (Å²) >= 11 is 0. The lowest BCUT2D eigenvalue weighted by atomic mass is 9.98. The van der Waals surface area contributed by atoms with Crippen LogP contribution < -0.4 is 10.6 Å². The fourth-order valence-electron chi connectivity index (χ4n) is 4.09. The third kappa shape index (κ3) is 5.90. The van der Waals surface area contributed by atoms with Crippen molar-refractivity contribution >= 4 is 18.0 Å². The maximum absolute atomic E-state index is 12.6. The molecule has 3 N–H and O–H groups in total. The van der Waals surface area contributed by atoms with Crippen LogP contribution in [0.1, 0.15) is 43.2 Å². The maximum atomic E-state index is 12.6. The summed E-state index contributed by atoms with van der Waals surface area (Å²) in [5, 5.41) is 14.3. The van der Waals surface area contributed by atoms with Crippen molar-refractivity contribution in [3.8, 4) is 11.1 Å². The smallest absolute Gasteiger partial charge is 0.407 e. The van der Waals surface area contributed by atoms with Crippen LogP contribution >= 0.6 is 0 Å². The van der Waals surface area contributed by atoms with Gasteiger partial charge < -0.3 is 25.2 Å². The number of amides is 2. The summed E-state index contributed by atoms with van der Waals surface area (Å²) < 4.78 is 10.6. The van der Waals surface area contributed by atoms with Gasteiger partial charge in [-0.2, -0.15) is 0 Å². The van der Waals surface area contributed by atoms with Gasteiger partial charge in [0, 0.05) is 19.6 Å². The Kier molecular flexibility index (Phi) is 8.43. The fraction of sp³-hybridized carbons (Fsp3) is 0.400. The molecule has 2 amide bonds. The predicted molar refractivity (Wildman–Crippen MR) is 123 cm³/mol. The molecule has 8 nitrogen and oxygen atoms in total. The quantitative estimate of drug-likeness (QED) is 0.449. The van der Waals surface area contributed by atoms with E-state index in [2.05, 4.69) is 22.8 Å². The molecule has 1 aliphatic carbocycles. The summed E-state index contributed by atoms with van der Waals surface area (Å²) in [4.78, 5) is 36.5. The van der Waals surface area contributed by atoms with Crippen molar-refractivity contribution in [3.05, 3.63) is 59.7 Å². The van der Waals surface area contributed by atoms with Crippen LogP contribution in [-0.2, 0) is 19.1 Å². The van der Waals surface area contributed by atoms with E-state index in [4.69, 9.17) is 9.47 Å². The van der Waals surface area contributed by atoms with Crippen molar-refractivity contribution in [1.82, 2.24) is 10.6 Å². The third-order valence-corrected chi connectivity index (χ3v) is 5.82. The number of alkyl carbamates (subject to hydrolysis) is 1. The minimum absolute atomic E-state index is 0.0969.